The van der Waals surface area contributed by atoms with E-state index in [0.717, 1.165) is 9.80 Å². The van der Waals surface area contributed by atoms with Gasteiger partial charge in [-0.2, -0.15) is 0 Å². The fourth-order valence-corrected chi connectivity index (χ4v) is 3.94. The summed E-state index contributed by atoms with van der Waals surface area (Å²) in [7, 11) is 0. The number of urea groups is 1. The molecule has 1 aliphatic rings. The Morgan fingerprint density at radius 1 is 0.649 bits per heavy atom. The zero-order valence-electron chi connectivity index (χ0n) is 19.6. The van der Waals surface area contributed by atoms with Crippen molar-refractivity contribution in [1.82, 2.24) is 0 Å². The molecule has 0 N–H and O–H groups in total. The Morgan fingerprint density at radius 3 is 1.70 bits per heavy atom. The number of amides is 4. The van der Waals surface area contributed by atoms with Crippen LogP contribution in [0.5, 0.6) is 5.75 Å². The number of nitrogens with zero attached hydrogens (tertiary/aromatic N) is 2. The maximum absolute atomic E-state index is 13.8. The van der Waals surface area contributed by atoms with Gasteiger partial charge in [0.1, 0.15) is 23.7 Å². The molecule has 37 heavy (non-hydrogen) atoms. The molecule has 4 aromatic rings. The van der Waals surface area contributed by atoms with E-state index in [2.05, 4.69) is 0 Å². The largest absolute Gasteiger partial charge is 0.489 e. The molecule has 182 valence electrons. The van der Waals surface area contributed by atoms with E-state index in [1.54, 1.807) is 103 Å². The molecule has 4 amide bonds. The van der Waals surface area contributed by atoms with E-state index < -0.39 is 17.8 Å². The minimum absolute atomic E-state index is 0.0598. The third kappa shape index (κ3) is 4.88. The first-order valence-electron chi connectivity index (χ1n) is 11.5. The van der Waals surface area contributed by atoms with Crippen LogP contribution < -0.4 is 14.5 Å². The van der Waals surface area contributed by atoms with Gasteiger partial charge in [0.25, 0.3) is 11.8 Å². The predicted molar refractivity (Wildman–Crippen MR) is 138 cm³/mol. The van der Waals surface area contributed by atoms with Gasteiger partial charge in [-0.05, 0) is 54.1 Å². The molecule has 0 aliphatic carbocycles. The molecule has 1 heterocycles. The average Bonchev–Trinajstić information content (AvgIpc) is 2.93. The molecule has 1 fully saturated rings. The number of hydrogen-bond acceptors (Lipinski definition) is 4. The van der Waals surface area contributed by atoms with Crippen LogP contribution in [-0.4, -0.2) is 17.8 Å². The first-order valence-corrected chi connectivity index (χ1v) is 11.5. The topological polar surface area (TPSA) is 66.9 Å². The maximum Gasteiger partial charge on any atom is 0.343 e. The Balaban J connectivity index is 1.45. The maximum atomic E-state index is 13.8. The Bertz CT molecular complexity index is 1420. The first kappa shape index (κ1) is 23.7. The van der Waals surface area contributed by atoms with Gasteiger partial charge in [0.05, 0.1) is 11.4 Å². The van der Waals surface area contributed by atoms with Crippen LogP contribution in [-0.2, 0) is 16.2 Å². The number of carbonyl (C=O) groups is 3. The number of barbiturate groups is 1. The molecule has 0 atom stereocenters. The second-order valence-electron chi connectivity index (χ2n) is 8.24. The minimum atomic E-state index is -0.749. The molecule has 0 aromatic heterocycles. The molecule has 4 aromatic carbocycles. The summed E-state index contributed by atoms with van der Waals surface area (Å²) in [5.74, 6) is -1.28. The van der Waals surface area contributed by atoms with Crippen molar-refractivity contribution in [3.63, 3.8) is 0 Å². The van der Waals surface area contributed by atoms with E-state index in [9.17, 15) is 18.8 Å². The van der Waals surface area contributed by atoms with Crippen LogP contribution in [0.1, 0.15) is 11.1 Å². The lowest BCUT2D eigenvalue weighted by molar-refractivity contribution is -0.121. The van der Waals surface area contributed by atoms with Gasteiger partial charge in [0.15, 0.2) is 0 Å². The van der Waals surface area contributed by atoms with Gasteiger partial charge in [0, 0.05) is 5.56 Å². The molecule has 1 aliphatic heterocycles. The lowest BCUT2D eigenvalue weighted by Crippen LogP contribution is -2.57. The SMILES string of the molecule is O=C1C(=Cc2ccc(OCc3ccccc3F)cc2)C(=O)N(c2ccccc2)C(=O)N1c1ccccc1. The van der Waals surface area contributed by atoms with Gasteiger partial charge in [-0.25, -0.2) is 19.0 Å². The van der Waals surface area contributed by atoms with E-state index in [-0.39, 0.29) is 18.0 Å². The van der Waals surface area contributed by atoms with Gasteiger partial charge in [-0.3, -0.25) is 9.59 Å². The van der Waals surface area contributed by atoms with Crippen LogP contribution >= 0.6 is 0 Å². The highest BCUT2D eigenvalue weighted by atomic mass is 19.1. The lowest BCUT2D eigenvalue weighted by atomic mass is 10.0. The summed E-state index contributed by atoms with van der Waals surface area (Å²) >= 11 is 0. The highest BCUT2D eigenvalue weighted by Gasteiger charge is 2.43. The third-order valence-corrected chi connectivity index (χ3v) is 5.82. The fraction of sp³-hybridized carbons (Fsp3) is 0.0333. The zero-order valence-corrected chi connectivity index (χ0v) is 19.6. The molecule has 0 unspecified atom stereocenters. The van der Waals surface area contributed by atoms with E-state index in [1.165, 1.54) is 12.1 Å². The molecule has 1 saturated heterocycles. The molecule has 0 spiro atoms. The zero-order chi connectivity index (χ0) is 25.8. The molecule has 7 heteroatoms. The van der Waals surface area contributed by atoms with Crippen molar-refractivity contribution in [3.8, 4) is 5.75 Å². The third-order valence-electron chi connectivity index (χ3n) is 5.82. The molecular formula is C30H21FN2O4. The predicted octanol–water partition coefficient (Wildman–Crippen LogP) is 5.99. The summed E-state index contributed by atoms with van der Waals surface area (Å²) in [6.45, 7) is 0.0598. The Labute approximate surface area is 212 Å². The van der Waals surface area contributed by atoms with E-state index in [0.29, 0.717) is 28.3 Å². The van der Waals surface area contributed by atoms with Crippen molar-refractivity contribution in [2.24, 2.45) is 0 Å². The minimum Gasteiger partial charge on any atom is -0.489 e. The normalized spacial score (nSPS) is 13.6. The second-order valence-corrected chi connectivity index (χ2v) is 8.24. The van der Waals surface area contributed by atoms with Crippen LogP contribution in [0.2, 0.25) is 0 Å². The van der Waals surface area contributed by atoms with Crippen molar-refractivity contribution >= 4 is 35.3 Å². The van der Waals surface area contributed by atoms with E-state index >= 15 is 0 Å². The molecular weight excluding hydrogens is 471 g/mol. The van der Waals surface area contributed by atoms with Gasteiger partial charge in [-0.15, -0.1) is 0 Å². The highest BCUT2D eigenvalue weighted by Crippen LogP contribution is 2.29. The number of hydrogen-bond donors (Lipinski definition) is 0. The smallest absolute Gasteiger partial charge is 0.343 e. The van der Waals surface area contributed by atoms with Crippen molar-refractivity contribution in [2.75, 3.05) is 9.80 Å². The Hall–Kier alpha value is -5.04. The van der Waals surface area contributed by atoms with Crippen molar-refractivity contribution in [2.45, 2.75) is 6.61 Å². The molecule has 6 nitrogen and oxygen atoms in total. The van der Waals surface area contributed by atoms with Gasteiger partial charge in [-0.1, -0.05) is 66.7 Å². The summed E-state index contributed by atoms with van der Waals surface area (Å²) < 4.78 is 19.5. The molecule has 0 radical (unpaired) electrons. The number of ether oxygens (including phenoxy) is 1. The standard InChI is InChI=1S/C30H21FN2O4/c31-27-14-8-7-9-22(27)20-37-25-17-15-21(16-18-25)19-26-28(34)32(23-10-3-1-4-11-23)30(36)33(29(26)35)24-12-5-2-6-13-24/h1-19H,20H2. The monoisotopic (exact) mass is 492 g/mol. The molecule has 0 bridgehead atoms. The van der Waals surface area contributed by atoms with Crippen molar-refractivity contribution in [1.29, 1.82) is 0 Å². The van der Waals surface area contributed by atoms with Crippen LogP contribution in [0.15, 0.2) is 115 Å². The van der Waals surface area contributed by atoms with Crippen LogP contribution in [0.4, 0.5) is 20.6 Å². The number of halogens is 1. The number of benzene rings is 4. The second kappa shape index (κ2) is 10.3. The summed E-state index contributed by atoms with van der Waals surface area (Å²) in [5.41, 5.74) is 1.54. The summed E-state index contributed by atoms with van der Waals surface area (Å²) in [6.07, 6.45) is 1.45. The number of imide groups is 2. The van der Waals surface area contributed by atoms with Gasteiger partial charge < -0.3 is 4.74 Å². The molecule has 0 saturated carbocycles. The number of anilines is 2. The van der Waals surface area contributed by atoms with Crippen molar-refractivity contribution < 1.29 is 23.5 Å². The van der Waals surface area contributed by atoms with Crippen LogP contribution in [0.3, 0.4) is 0 Å². The van der Waals surface area contributed by atoms with Crippen LogP contribution in [0, 0.1) is 5.82 Å². The Morgan fingerprint density at radius 2 is 1.16 bits per heavy atom. The molecule has 5 rings (SSSR count). The summed E-state index contributed by atoms with van der Waals surface area (Å²) in [6, 6.07) is 29.2. The van der Waals surface area contributed by atoms with Gasteiger partial charge >= 0.3 is 6.03 Å². The fourth-order valence-electron chi connectivity index (χ4n) is 3.94. The van der Waals surface area contributed by atoms with E-state index in [1.807, 2.05) is 0 Å². The Kier molecular flexibility index (Phi) is 6.59. The summed E-state index contributed by atoms with van der Waals surface area (Å²) in [5, 5.41) is 0. The van der Waals surface area contributed by atoms with E-state index in [4.69, 9.17) is 4.74 Å². The number of carbonyl (C=O) groups excluding carboxylic acids is 3. The van der Waals surface area contributed by atoms with Crippen molar-refractivity contribution in [3.05, 3.63) is 132 Å². The first-order chi connectivity index (χ1) is 18.0. The average molecular weight is 493 g/mol. The van der Waals surface area contributed by atoms with Gasteiger partial charge in [0.2, 0.25) is 0 Å². The lowest BCUT2D eigenvalue weighted by Gasteiger charge is -2.33. The highest BCUT2D eigenvalue weighted by molar-refractivity contribution is 6.46. The number of para-hydroxylation sites is 2. The quantitative estimate of drug-likeness (QED) is 0.245. The van der Waals surface area contributed by atoms with Crippen LogP contribution in [0.25, 0.3) is 6.08 Å². The number of rotatable bonds is 6. The summed E-state index contributed by atoms with van der Waals surface area (Å²) in [4.78, 5) is 42.2.